The summed E-state index contributed by atoms with van der Waals surface area (Å²) in [7, 11) is 0. The van der Waals surface area contributed by atoms with Crippen molar-refractivity contribution in [3.8, 4) is 11.5 Å². The molecule has 0 fully saturated rings. The van der Waals surface area contributed by atoms with E-state index in [1.807, 2.05) is 86.6 Å². The summed E-state index contributed by atoms with van der Waals surface area (Å²) >= 11 is 0. The first kappa shape index (κ1) is 26.3. The summed E-state index contributed by atoms with van der Waals surface area (Å²) in [6.07, 6.45) is 2.13. The Labute approximate surface area is 219 Å². The van der Waals surface area contributed by atoms with Gasteiger partial charge in [-0.1, -0.05) is 67.6 Å². The van der Waals surface area contributed by atoms with E-state index >= 15 is 0 Å². The summed E-state index contributed by atoms with van der Waals surface area (Å²) in [6.45, 7) is 6.08. The van der Waals surface area contributed by atoms with Crippen LogP contribution in [0.5, 0.6) is 11.5 Å². The van der Waals surface area contributed by atoms with Gasteiger partial charge in [0.05, 0.1) is 0 Å². The molecule has 0 aromatic heterocycles. The molecule has 37 heavy (non-hydrogen) atoms. The third-order valence-corrected chi connectivity index (χ3v) is 6.66. The molecule has 0 aliphatic carbocycles. The molecule has 6 nitrogen and oxygen atoms in total. The van der Waals surface area contributed by atoms with Crippen molar-refractivity contribution < 1.29 is 19.1 Å². The van der Waals surface area contributed by atoms with E-state index in [0.29, 0.717) is 44.9 Å². The average Bonchev–Trinajstić information content (AvgIpc) is 2.93. The van der Waals surface area contributed by atoms with E-state index in [2.05, 4.69) is 5.32 Å². The monoisotopic (exact) mass is 500 g/mol. The zero-order chi connectivity index (χ0) is 26.0. The van der Waals surface area contributed by atoms with Gasteiger partial charge in [-0.3, -0.25) is 9.59 Å². The molecule has 1 aliphatic rings. The maximum absolute atomic E-state index is 13.8. The highest BCUT2D eigenvalue weighted by molar-refractivity contribution is 5.88. The molecule has 1 atom stereocenters. The van der Waals surface area contributed by atoms with Crippen LogP contribution in [-0.4, -0.2) is 42.5 Å². The second-order valence-corrected chi connectivity index (χ2v) is 9.42. The van der Waals surface area contributed by atoms with Crippen molar-refractivity contribution in [3.05, 3.63) is 95.1 Å². The lowest BCUT2D eigenvalue weighted by Crippen LogP contribution is -2.50. The van der Waals surface area contributed by atoms with E-state index in [0.717, 1.165) is 34.4 Å². The number of aryl methyl sites for hydroxylation is 2. The predicted octanol–water partition coefficient (Wildman–Crippen LogP) is 4.87. The molecular formula is C31H36N2O4. The minimum absolute atomic E-state index is 0.0503. The van der Waals surface area contributed by atoms with Crippen LogP contribution in [-0.2, 0) is 29.0 Å². The van der Waals surface area contributed by atoms with Gasteiger partial charge < -0.3 is 19.7 Å². The number of hydrogen-bond donors (Lipinski definition) is 1. The fraction of sp³-hybridized carbons (Fsp3) is 0.355. The standard InChI is InChI=1S/C31H36N2O4/c1-3-17-32-31(35)27(20-24-10-5-4-6-11-24)33(22-26-12-8-7-9-23(26)2)30(34)16-14-25-13-15-28-29(21-25)37-19-18-36-28/h4-13,15,21,27H,3,14,16-20,22H2,1-2H3,(H,32,35). The first-order valence-electron chi connectivity index (χ1n) is 13.1. The predicted molar refractivity (Wildman–Crippen MR) is 145 cm³/mol. The van der Waals surface area contributed by atoms with E-state index in [-0.39, 0.29) is 18.2 Å². The van der Waals surface area contributed by atoms with Crippen LogP contribution in [0.2, 0.25) is 0 Å². The van der Waals surface area contributed by atoms with Gasteiger partial charge in [0.25, 0.3) is 0 Å². The van der Waals surface area contributed by atoms with Crippen molar-refractivity contribution in [2.45, 2.75) is 52.1 Å². The molecule has 3 aromatic rings. The van der Waals surface area contributed by atoms with E-state index in [1.165, 1.54) is 0 Å². The molecule has 0 saturated heterocycles. The summed E-state index contributed by atoms with van der Waals surface area (Å²) in [5.74, 6) is 1.28. The van der Waals surface area contributed by atoms with Crippen molar-refractivity contribution in [2.24, 2.45) is 0 Å². The number of ether oxygens (including phenoxy) is 2. The number of nitrogens with one attached hydrogen (secondary N) is 1. The first-order valence-corrected chi connectivity index (χ1v) is 13.1. The van der Waals surface area contributed by atoms with Crippen LogP contribution in [0.4, 0.5) is 0 Å². The number of rotatable bonds is 11. The fourth-order valence-electron chi connectivity index (χ4n) is 4.53. The van der Waals surface area contributed by atoms with E-state index in [9.17, 15) is 9.59 Å². The lowest BCUT2D eigenvalue weighted by molar-refractivity contribution is -0.141. The fourth-order valence-corrected chi connectivity index (χ4v) is 4.53. The average molecular weight is 501 g/mol. The maximum Gasteiger partial charge on any atom is 0.243 e. The zero-order valence-corrected chi connectivity index (χ0v) is 21.7. The van der Waals surface area contributed by atoms with E-state index in [1.54, 1.807) is 4.90 Å². The van der Waals surface area contributed by atoms with Gasteiger partial charge in [0.2, 0.25) is 11.8 Å². The topological polar surface area (TPSA) is 67.9 Å². The van der Waals surface area contributed by atoms with Crippen LogP contribution < -0.4 is 14.8 Å². The highest BCUT2D eigenvalue weighted by Gasteiger charge is 2.30. The number of carbonyl (C=O) groups is 2. The van der Waals surface area contributed by atoms with Crippen molar-refractivity contribution in [1.29, 1.82) is 0 Å². The Bertz CT molecular complexity index is 1190. The van der Waals surface area contributed by atoms with Crippen LogP contribution >= 0.6 is 0 Å². The second kappa shape index (κ2) is 12.9. The Morgan fingerprint density at radius 1 is 0.919 bits per heavy atom. The van der Waals surface area contributed by atoms with Gasteiger partial charge in [0.1, 0.15) is 19.3 Å². The molecule has 194 valence electrons. The number of benzene rings is 3. The molecule has 1 heterocycles. The lowest BCUT2D eigenvalue weighted by Gasteiger charge is -2.32. The van der Waals surface area contributed by atoms with E-state index < -0.39 is 6.04 Å². The minimum Gasteiger partial charge on any atom is -0.486 e. The molecule has 1 aliphatic heterocycles. The lowest BCUT2D eigenvalue weighted by atomic mass is 10.00. The molecule has 0 bridgehead atoms. The molecule has 6 heteroatoms. The number of fused-ring (bicyclic) bond motifs is 1. The summed E-state index contributed by atoms with van der Waals surface area (Å²) in [5, 5.41) is 3.03. The normalized spacial score (nSPS) is 13.0. The van der Waals surface area contributed by atoms with Crippen molar-refractivity contribution in [1.82, 2.24) is 10.2 Å². The molecule has 2 amide bonds. The molecule has 0 radical (unpaired) electrons. The number of amides is 2. The third-order valence-electron chi connectivity index (χ3n) is 6.66. The van der Waals surface area contributed by atoms with Crippen LogP contribution in [0.1, 0.15) is 42.0 Å². The zero-order valence-electron chi connectivity index (χ0n) is 21.7. The van der Waals surface area contributed by atoms with Gasteiger partial charge in [-0.15, -0.1) is 0 Å². The highest BCUT2D eigenvalue weighted by Crippen LogP contribution is 2.31. The van der Waals surface area contributed by atoms with Crippen LogP contribution in [0, 0.1) is 6.92 Å². The number of hydrogen-bond acceptors (Lipinski definition) is 4. The van der Waals surface area contributed by atoms with Gasteiger partial charge in [0, 0.05) is 25.9 Å². The van der Waals surface area contributed by atoms with Crippen molar-refractivity contribution >= 4 is 11.8 Å². The molecule has 0 saturated carbocycles. The molecule has 1 N–H and O–H groups in total. The molecular weight excluding hydrogens is 464 g/mol. The molecule has 4 rings (SSSR count). The molecule has 3 aromatic carbocycles. The minimum atomic E-state index is -0.610. The summed E-state index contributed by atoms with van der Waals surface area (Å²) < 4.78 is 11.3. The van der Waals surface area contributed by atoms with Crippen LogP contribution in [0.15, 0.2) is 72.8 Å². The van der Waals surface area contributed by atoms with Crippen molar-refractivity contribution in [3.63, 3.8) is 0 Å². The van der Waals surface area contributed by atoms with Gasteiger partial charge in [0.15, 0.2) is 11.5 Å². The largest absolute Gasteiger partial charge is 0.486 e. The Morgan fingerprint density at radius 2 is 1.65 bits per heavy atom. The van der Waals surface area contributed by atoms with Gasteiger partial charge in [-0.25, -0.2) is 0 Å². The first-order chi connectivity index (χ1) is 18.0. The van der Waals surface area contributed by atoms with Gasteiger partial charge in [-0.2, -0.15) is 0 Å². The third kappa shape index (κ3) is 7.13. The van der Waals surface area contributed by atoms with Gasteiger partial charge in [-0.05, 0) is 54.2 Å². The number of carbonyl (C=O) groups excluding carboxylic acids is 2. The maximum atomic E-state index is 13.8. The molecule has 1 unspecified atom stereocenters. The Hall–Kier alpha value is -3.80. The highest BCUT2D eigenvalue weighted by atomic mass is 16.6. The summed E-state index contributed by atoms with van der Waals surface area (Å²) in [6, 6.07) is 23.1. The molecule has 0 spiro atoms. The SMILES string of the molecule is CCCNC(=O)C(Cc1ccccc1)N(Cc1ccccc1C)C(=O)CCc1ccc2c(c1)OCCO2. The van der Waals surface area contributed by atoms with Gasteiger partial charge >= 0.3 is 0 Å². The Kier molecular flexibility index (Phi) is 9.19. The van der Waals surface area contributed by atoms with Crippen molar-refractivity contribution in [2.75, 3.05) is 19.8 Å². The number of nitrogens with zero attached hydrogens (tertiary/aromatic N) is 1. The van der Waals surface area contributed by atoms with E-state index in [4.69, 9.17) is 9.47 Å². The van der Waals surface area contributed by atoms with Crippen LogP contribution in [0.3, 0.4) is 0 Å². The van der Waals surface area contributed by atoms with Crippen LogP contribution in [0.25, 0.3) is 0 Å². The quantitative estimate of drug-likeness (QED) is 0.408. The smallest absolute Gasteiger partial charge is 0.243 e. The second-order valence-electron chi connectivity index (χ2n) is 9.42. The Balaban J connectivity index is 1.59. The Morgan fingerprint density at radius 3 is 2.41 bits per heavy atom. The summed E-state index contributed by atoms with van der Waals surface area (Å²) in [4.78, 5) is 29.0. The summed E-state index contributed by atoms with van der Waals surface area (Å²) in [5.41, 5.74) is 4.16.